The zero-order valence-electron chi connectivity index (χ0n) is 21.1. The molecule has 2 atom stereocenters. The number of unbranched alkanes of at least 4 members (excludes halogenated alkanes) is 1. The minimum atomic E-state index is -0.875. The molecule has 0 saturated carbocycles. The van der Waals surface area contributed by atoms with Crippen molar-refractivity contribution in [1.29, 1.82) is 0 Å². The Morgan fingerprint density at radius 3 is 2.14 bits per heavy atom. The van der Waals surface area contributed by atoms with E-state index in [1.165, 1.54) is 24.3 Å². The molecular formula is C26H36ClN5O5. The number of carbonyl (C=O) groups is 3. The Morgan fingerprint density at radius 2 is 1.57 bits per heavy atom. The summed E-state index contributed by atoms with van der Waals surface area (Å²) in [5.41, 5.74) is 6.74. The van der Waals surface area contributed by atoms with Gasteiger partial charge in [-0.1, -0.05) is 44.2 Å². The van der Waals surface area contributed by atoms with Crippen molar-refractivity contribution in [3.63, 3.8) is 0 Å². The molecule has 2 unspecified atom stereocenters. The summed E-state index contributed by atoms with van der Waals surface area (Å²) in [4.78, 5) is 49.1. The molecule has 0 saturated heterocycles. The highest BCUT2D eigenvalue weighted by Crippen LogP contribution is 2.16. The van der Waals surface area contributed by atoms with Crippen molar-refractivity contribution >= 4 is 41.5 Å². The number of nitrogens with zero attached hydrogens (tertiary/aromatic N) is 1. The molecule has 0 spiro atoms. The minimum Gasteiger partial charge on any atom is -0.344 e. The maximum absolute atomic E-state index is 13.3. The minimum absolute atomic E-state index is 0. The number of non-ortho nitro benzene ring substituents is 1. The van der Waals surface area contributed by atoms with Crippen LogP contribution in [0.15, 0.2) is 54.6 Å². The molecular weight excluding hydrogens is 498 g/mol. The summed E-state index contributed by atoms with van der Waals surface area (Å²) in [6.45, 7) is 4.29. The van der Waals surface area contributed by atoms with Gasteiger partial charge in [-0.2, -0.15) is 0 Å². The lowest BCUT2D eigenvalue weighted by Crippen LogP contribution is -2.53. The number of nitro groups is 1. The number of halogens is 1. The molecule has 10 nitrogen and oxygen atoms in total. The summed E-state index contributed by atoms with van der Waals surface area (Å²) in [7, 11) is 0. The molecule has 0 aliphatic carbocycles. The van der Waals surface area contributed by atoms with Crippen molar-refractivity contribution in [2.45, 2.75) is 58.0 Å². The fourth-order valence-corrected chi connectivity index (χ4v) is 3.61. The number of nitrogens with one attached hydrogen (secondary N) is 3. The highest BCUT2D eigenvalue weighted by molar-refractivity contribution is 5.98. The Hall–Kier alpha value is -3.50. The average Bonchev–Trinajstić information content (AvgIpc) is 2.83. The first-order valence-electron chi connectivity index (χ1n) is 12.1. The normalized spacial score (nSPS) is 12.1. The van der Waals surface area contributed by atoms with Crippen LogP contribution in [0.1, 0.15) is 45.1 Å². The van der Waals surface area contributed by atoms with Crippen LogP contribution in [-0.2, 0) is 20.8 Å². The summed E-state index contributed by atoms with van der Waals surface area (Å²) in [5, 5.41) is 19.2. The number of nitro benzene ring substituents is 1. The largest absolute Gasteiger partial charge is 0.344 e. The maximum Gasteiger partial charge on any atom is 0.269 e. The summed E-state index contributed by atoms with van der Waals surface area (Å²) < 4.78 is 0. The van der Waals surface area contributed by atoms with E-state index >= 15 is 0 Å². The summed E-state index contributed by atoms with van der Waals surface area (Å²) in [6.07, 6.45) is 2.18. The number of rotatable bonds is 14. The van der Waals surface area contributed by atoms with Crippen LogP contribution in [0.2, 0.25) is 0 Å². The molecule has 0 aliphatic rings. The van der Waals surface area contributed by atoms with Gasteiger partial charge in [0, 0.05) is 30.7 Å². The van der Waals surface area contributed by atoms with E-state index < -0.39 is 28.8 Å². The van der Waals surface area contributed by atoms with Gasteiger partial charge in [-0.3, -0.25) is 24.5 Å². The van der Waals surface area contributed by atoms with Crippen LogP contribution in [0.25, 0.3) is 0 Å². The predicted molar refractivity (Wildman–Crippen MR) is 145 cm³/mol. The van der Waals surface area contributed by atoms with Gasteiger partial charge in [0.2, 0.25) is 17.7 Å². The topological polar surface area (TPSA) is 156 Å². The molecule has 0 aromatic heterocycles. The van der Waals surface area contributed by atoms with Gasteiger partial charge in [0.25, 0.3) is 5.69 Å². The smallest absolute Gasteiger partial charge is 0.269 e. The summed E-state index contributed by atoms with van der Waals surface area (Å²) in [6, 6.07) is 13.0. The van der Waals surface area contributed by atoms with Crippen LogP contribution in [0.3, 0.4) is 0 Å². The molecule has 2 rings (SSSR count). The predicted octanol–water partition coefficient (Wildman–Crippen LogP) is 3.34. The highest BCUT2D eigenvalue weighted by Gasteiger charge is 2.27. The Bertz CT molecular complexity index is 1020. The Kier molecular flexibility index (Phi) is 13.9. The number of hydrogen-bond acceptors (Lipinski definition) is 6. The van der Waals surface area contributed by atoms with Gasteiger partial charge in [-0.15, -0.1) is 12.4 Å². The van der Waals surface area contributed by atoms with Gasteiger partial charge in [0.05, 0.1) is 4.92 Å². The van der Waals surface area contributed by atoms with Crippen LogP contribution in [0.4, 0.5) is 11.4 Å². The number of amides is 3. The van der Waals surface area contributed by atoms with Gasteiger partial charge >= 0.3 is 0 Å². The Balaban J connectivity index is 0.00000684. The summed E-state index contributed by atoms with van der Waals surface area (Å²) >= 11 is 0. The SMILES string of the molecule is CC(C)CC(=O)NC(Cc1ccccc1)C(=O)NC(CCCCN)C(=O)Nc1ccc([N+](=O)[O-])cc1.Cl. The second kappa shape index (κ2) is 16.3. The molecule has 202 valence electrons. The molecule has 0 fully saturated rings. The van der Waals surface area contributed by atoms with E-state index in [9.17, 15) is 24.5 Å². The number of hydrogen-bond donors (Lipinski definition) is 4. The Morgan fingerprint density at radius 1 is 0.919 bits per heavy atom. The average molecular weight is 534 g/mol. The number of anilines is 1. The van der Waals surface area contributed by atoms with E-state index in [1.54, 1.807) is 0 Å². The van der Waals surface area contributed by atoms with Crippen LogP contribution in [0, 0.1) is 16.0 Å². The van der Waals surface area contributed by atoms with E-state index in [2.05, 4.69) is 16.0 Å². The molecule has 2 aromatic carbocycles. The van der Waals surface area contributed by atoms with Gasteiger partial charge in [-0.25, -0.2) is 0 Å². The van der Waals surface area contributed by atoms with E-state index in [4.69, 9.17) is 5.73 Å². The molecule has 0 heterocycles. The fourth-order valence-electron chi connectivity index (χ4n) is 3.61. The van der Waals surface area contributed by atoms with Gasteiger partial charge in [0.1, 0.15) is 12.1 Å². The molecule has 37 heavy (non-hydrogen) atoms. The third-order valence-electron chi connectivity index (χ3n) is 5.45. The quantitative estimate of drug-likeness (QED) is 0.166. The van der Waals surface area contributed by atoms with E-state index in [-0.39, 0.29) is 42.8 Å². The zero-order chi connectivity index (χ0) is 26.5. The maximum atomic E-state index is 13.3. The van der Waals surface area contributed by atoms with Crippen molar-refractivity contribution in [2.24, 2.45) is 11.7 Å². The van der Waals surface area contributed by atoms with Crippen molar-refractivity contribution in [2.75, 3.05) is 11.9 Å². The molecule has 0 radical (unpaired) electrons. The third-order valence-corrected chi connectivity index (χ3v) is 5.45. The van der Waals surface area contributed by atoms with E-state index in [0.717, 1.165) is 5.56 Å². The molecule has 3 amide bonds. The lowest BCUT2D eigenvalue weighted by atomic mass is 10.0. The first-order valence-corrected chi connectivity index (χ1v) is 12.1. The monoisotopic (exact) mass is 533 g/mol. The van der Waals surface area contributed by atoms with Crippen molar-refractivity contribution in [3.05, 3.63) is 70.3 Å². The molecule has 0 bridgehead atoms. The fraction of sp³-hybridized carbons (Fsp3) is 0.423. The molecule has 2 aromatic rings. The second-order valence-electron chi connectivity index (χ2n) is 9.05. The lowest BCUT2D eigenvalue weighted by molar-refractivity contribution is -0.384. The van der Waals surface area contributed by atoms with Crippen LogP contribution in [0.5, 0.6) is 0 Å². The molecule has 5 N–H and O–H groups in total. The second-order valence-corrected chi connectivity index (χ2v) is 9.05. The van der Waals surface area contributed by atoms with Crippen molar-refractivity contribution < 1.29 is 19.3 Å². The first kappa shape index (κ1) is 31.5. The van der Waals surface area contributed by atoms with Crippen LogP contribution < -0.4 is 21.7 Å². The first-order chi connectivity index (χ1) is 17.2. The standard InChI is InChI=1S/C26H35N5O5.ClH/c1-18(2)16-24(32)29-23(17-19-8-4-3-5-9-19)26(34)30-22(10-6-7-15-27)25(33)28-20-11-13-21(14-12-20)31(35)36;/h3-5,8-9,11-14,18,22-23H,6-7,10,15-17,27H2,1-2H3,(H,28,33)(H,29,32)(H,30,34);1H. The van der Waals surface area contributed by atoms with Gasteiger partial charge in [0.15, 0.2) is 0 Å². The molecule has 11 heteroatoms. The van der Waals surface area contributed by atoms with E-state index in [1.807, 2.05) is 44.2 Å². The number of carbonyl (C=O) groups excluding carboxylic acids is 3. The summed E-state index contributed by atoms with van der Waals surface area (Å²) in [5.74, 6) is -1.04. The number of benzene rings is 2. The lowest BCUT2D eigenvalue weighted by Gasteiger charge is -2.24. The van der Waals surface area contributed by atoms with E-state index in [0.29, 0.717) is 31.5 Å². The molecule has 0 aliphatic heterocycles. The highest BCUT2D eigenvalue weighted by atomic mass is 35.5. The van der Waals surface area contributed by atoms with Gasteiger partial charge < -0.3 is 21.7 Å². The zero-order valence-corrected chi connectivity index (χ0v) is 22.0. The Labute approximate surface area is 223 Å². The van der Waals surface area contributed by atoms with Crippen LogP contribution in [-0.4, -0.2) is 41.3 Å². The third kappa shape index (κ3) is 11.4. The van der Waals surface area contributed by atoms with Crippen molar-refractivity contribution in [3.8, 4) is 0 Å². The number of nitrogens with two attached hydrogens (primary N) is 1. The van der Waals surface area contributed by atoms with Crippen LogP contribution >= 0.6 is 12.4 Å². The van der Waals surface area contributed by atoms with Crippen molar-refractivity contribution in [1.82, 2.24) is 10.6 Å². The van der Waals surface area contributed by atoms with Gasteiger partial charge in [-0.05, 0) is 49.4 Å².